The monoisotopic (exact) mass is 369 g/mol. The van der Waals surface area contributed by atoms with Crippen molar-refractivity contribution in [1.82, 2.24) is 0 Å². The molecule has 0 radical (unpaired) electrons. The van der Waals surface area contributed by atoms with Gasteiger partial charge in [0.15, 0.2) is 0 Å². The van der Waals surface area contributed by atoms with Gasteiger partial charge in [0.1, 0.15) is 5.82 Å². The average molecular weight is 370 g/mol. The summed E-state index contributed by atoms with van der Waals surface area (Å²) in [5.74, 6) is -5.38. The van der Waals surface area contributed by atoms with Gasteiger partial charge in [0.25, 0.3) is 5.92 Å². The van der Waals surface area contributed by atoms with Gasteiger partial charge in [-0.25, -0.2) is 13.2 Å². The fourth-order valence-electron chi connectivity index (χ4n) is 2.44. The molecular weight excluding hydrogens is 355 g/mol. The molecule has 0 saturated heterocycles. The summed E-state index contributed by atoms with van der Waals surface area (Å²) in [5.41, 5.74) is -0.831. The van der Waals surface area contributed by atoms with Gasteiger partial charge in [0.2, 0.25) is 0 Å². The second-order valence-corrected chi connectivity index (χ2v) is 6.00. The molecule has 0 bridgehead atoms. The Morgan fingerprint density at radius 1 is 1.12 bits per heavy atom. The molecule has 0 spiro atoms. The van der Waals surface area contributed by atoms with Crippen molar-refractivity contribution in [3.63, 3.8) is 0 Å². The lowest BCUT2D eigenvalue weighted by atomic mass is 9.97. The maximum absolute atomic E-state index is 14.4. The number of hydrogen-bond acceptors (Lipinski definition) is 2. The van der Waals surface area contributed by atoms with Crippen molar-refractivity contribution in [2.75, 3.05) is 0 Å². The lowest BCUT2D eigenvalue weighted by Gasteiger charge is -2.18. The topological polar surface area (TPSA) is 61.2 Å². The molecule has 0 unspecified atom stereocenters. The van der Waals surface area contributed by atoms with E-state index in [1.807, 2.05) is 0 Å². The molecule has 0 aliphatic rings. The second-order valence-electron chi connectivity index (χ2n) is 5.60. The Kier molecular flexibility index (Phi) is 5.85. The van der Waals surface area contributed by atoms with Crippen LogP contribution in [0.25, 0.3) is 0 Å². The second kappa shape index (κ2) is 7.70. The van der Waals surface area contributed by atoms with E-state index >= 15 is 0 Å². The lowest BCUT2D eigenvalue weighted by molar-refractivity contribution is -0.136. The first-order chi connectivity index (χ1) is 11.7. The maximum atomic E-state index is 14.4. The van der Waals surface area contributed by atoms with Crippen LogP contribution in [0.1, 0.15) is 23.1 Å². The normalized spacial score (nSPS) is 11.4. The van der Waals surface area contributed by atoms with E-state index in [2.05, 4.69) is 0 Å². The van der Waals surface area contributed by atoms with Crippen LogP contribution in [-0.4, -0.2) is 16.8 Å². The molecule has 0 aromatic heterocycles. The van der Waals surface area contributed by atoms with Gasteiger partial charge in [-0.3, -0.25) is 4.79 Å². The molecule has 0 saturated carbocycles. The molecule has 0 aliphatic heterocycles. The molecule has 2 N–H and O–H groups in total. The summed E-state index contributed by atoms with van der Waals surface area (Å²) >= 11 is 5.79. The largest absolute Gasteiger partial charge is 0.481 e. The van der Waals surface area contributed by atoms with Crippen LogP contribution in [0.2, 0.25) is 5.02 Å². The summed E-state index contributed by atoms with van der Waals surface area (Å²) in [6, 6.07) is 9.67. The van der Waals surface area contributed by atoms with E-state index < -0.39 is 30.6 Å². The Morgan fingerprint density at radius 2 is 1.76 bits per heavy atom. The summed E-state index contributed by atoms with van der Waals surface area (Å²) in [6.45, 7) is 0. The summed E-state index contributed by atoms with van der Waals surface area (Å²) in [6.07, 6.45) is -1.82. The van der Waals surface area contributed by atoms with E-state index in [-0.39, 0.29) is 33.8 Å². The van der Waals surface area contributed by atoms with E-state index in [1.54, 1.807) is 6.07 Å². The Bertz CT molecular complexity index is 794. The van der Waals surface area contributed by atoms with Gasteiger partial charge in [0.05, 0.1) is 12.8 Å². The number of nitrogens with one attached hydrogen (secondary N) is 1. The van der Waals surface area contributed by atoms with Gasteiger partial charge >= 0.3 is 5.97 Å². The SMILES string of the molecule is N=C(Cc1ccc(Cl)c(CC(=O)O)c1F)CC(F)(F)c1ccccc1. The zero-order chi connectivity index (χ0) is 18.6. The first kappa shape index (κ1) is 19.0. The third kappa shape index (κ3) is 4.82. The fourth-order valence-corrected chi connectivity index (χ4v) is 2.65. The minimum absolute atomic E-state index is 0.0329. The molecule has 0 amide bonds. The lowest BCUT2D eigenvalue weighted by Crippen LogP contribution is -2.20. The maximum Gasteiger partial charge on any atom is 0.307 e. The Labute approximate surface area is 147 Å². The van der Waals surface area contributed by atoms with Crippen LogP contribution in [-0.2, 0) is 23.6 Å². The highest BCUT2D eigenvalue weighted by Crippen LogP contribution is 2.32. The van der Waals surface area contributed by atoms with Gasteiger partial charge in [-0.2, -0.15) is 0 Å². The van der Waals surface area contributed by atoms with Crippen molar-refractivity contribution in [2.24, 2.45) is 0 Å². The number of benzene rings is 2. The summed E-state index contributed by atoms with van der Waals surface area (Å²) < 4.78 is 42.8. The smallest absolute Gasteiger partial charge is 0.307 e. The molecule has 0 atom stereocenters. The van der Waals surface area contributed by atoms with Crippen LogP contribution in [0, 0.1) is 11.2 Å². The van der Waals surface area contributed by atoms with E-state index in [0.717, 1.165) is 0 Å². The standard InChI is InChI=1S/C18H15ClF3NO2/c19-15-7-6-11(17(20)14(15)9-16(24)25)8-13(23)10-18(21,22)12-4-2-1-3-5-12/h1-7,23H,8-10H2,(H,24,25). The number of aliphatic carboxylic acids is 1. The number of hydrogen-bond donors (Lipinski definition) is 2. The average Bonchev–Trinajstić information content (AvgIpc) is 2.54. The van der Waals surface area contributed by atoms with Gasteiger partial charge in [0, 0.05) is 28.3 Å². The third-order valence-electron chi connectivity index (χ3n) is 3.63. The first-order valence-corrected chi connectivity index (χ1v) is 7.75. The number of carboxylic acid groups (broad SMARTS) is 1. The van der Waals surface area contributed by atoms with Crippen LogP contribution in [0.4, 0.5) is 13.2 Å². The minimum Gasteiger partial charge on any atom is -0.481 e. The van der Waals surface area contributed by atoms with Crippen molar-refractivity contribution in [3.05, 3.63) is 70.0 Å². The molecule has 132 valence electrons. The zero-order valence-corrected chi connectivity index (χ0v) is 13.8. The van der Waals surface area contributed by atoms with Crippen LogP contribution in [0.3, 0.4) is 0 Å². The molecule has 0 fully saturated rings. The van der Waals surface area contributed by atoms with Gasteiger partial charge in [-0.15, -0.1) is 0 Å². The van der Waals surface area contributed by atoms with Crippen molar-refractivity contribution in [2.45, 2.75) is 25.2 Å². The van der Waals surface area contributed by atoms with Crippen molar-refractivity contribution < 1.29 is 23.1 Å². The molecule has 2 aromatic carbocycles. The number of carbonyl (C=O) groups is 1. The zero-order valence-electron chi connectivity index (χ0n) is 13.0. The van der Waals surface area contributed by atoms with E-state index in [9.17, 15) is 18.0 Å². The number of carboxylic acids is 1. The highest BCUT2D eigenvalue weighted by atomic mass is 35.5. The molecule has 2 aromatic rings. The van der Waals surface area contributed by atoms with Crippen molar-refractivity contribution >= 4 is 23.3 Å². The van der Waals surface area contributed by atoms with E-state index in [4.69, 9.17) is 22.1 Å². The van der Waals surface area contributed by atoms with Gasteiger partial charge < -0.3 is 10.5 Å². The number of alkyl halides is 2. The fraction of sp³-hybridized carbons (Fsp3) is 0.222. The van der Waals surface area contributed by atoms with Crippen LogP contribution in [0.15, 0.2) is 42.5 Å². The molecule has 3 nitrogen and oxygen atoms in total. The highest BCUT2D eigenvalue weighted by molar-refractivity contribution is 6.31. The Morgan fingerprint density at radius 3 is 2.36 bits per heavy atom. The molecule has 2 rings (SSSR count). The third-order valence-corrected chi connectivity index (χ3v) is 3.98. The predicted molar refractivity (Wildman–Crippen MR) is 89.1 cm³/mol. The van der Waals surface area contributed by atoms with Gasteiger partial charge in [-0.1, -0.05) is 48.0 Å². The molecular formula is C18H15ClF3NO2. The van der Waals surface area contributed by atoms with Crippen LogP contribution in [0.5, 0.6) is 0 Å². The van der Waals surface area contributed by atoms with Gasteiger partial charge in [-0.05, 0) is 11.6 Å². The number of halogens is 4. The summed E-state index contributed by atoms with van der Waals surface area (Å²) in [4.78, 5) is 10.8. The summed E-state index contributed by atoms with van der Waals surface area (Å²) in [7, 11) is 0. The van der Waals surface area contributed by atoms with Crippen molar-refractivity contribution in [3.8, 4) is 0 Å². The number of rotatable bonds is 7. The predicted octanol–water partition coefficient (Wildman–Crippen LogP) is 4.85. The minimum atomic E-state index is -3.24. The van der Waals surface area contributed by atoms with Crippen LogP contribution >= 0.6 is 11.6 Å². The highest BCUT2D eigenvalue weighted by Gasteiger charge is 2.33. The summed E-state index contributed by atoms with van der Waals surface area (Å²) in [5, 5.41) is 16.5. The van der Waals surface area contributed by atoms with Crippen LogP contribution < -0.4 is 0 Å². The molecule has 25 heavy (non-hydrogen) atoms. The van der Waals surface area contributed by atoms with E-state index in [1.165, 1.54) is 36.4 Å². The molecule has 0 heterocycles. The van der Waals surface area contributed by atoms with E-state index in [0.29, 0.717) is 0 Å². The molecule has 7 heteroatoms. The van der Waals surface area contributed by atoms with Crippen molar-refractivity contribution in [1.29, 1.82) is 5.41 Å². The Balaban J connectivity index is 2.17. The first-order valence-electron chi connectivity index (χ1n) is 7.38. The Hall–Kier alpha value is -2.34. The molecule has 0 aliphatic carbocycles. The quantitative estimate of drug-likeness (QED) is 0.685.